The average molecular weight is 636 g/mol. The van der Waals surface area contributed by atoms with Gasteiger partial charge in [0.15, 0.2) is 0 Å². The zero-order chi connectivity index (χ0) is 32.2. The van der Waals surface area contributed by atoms with E-state index in [0.717, 1.165) is 37.8 Å². The van der Waals surface area contributed by atoms with E-state index in [-0.39, 0.29) is 34.7 Å². The molecule has 0 saturated carbocycles. The van der Waals surface area contributed by atoms with E-state index in [2.05, 4.69) is 33.6 Å². The molecule has 1 amide bonds. The first kappa shape index (κ1) is 30.3. The summed E-state index contributed by atoms with van der Waals surface area (Å²) in [6.07, 6.45) is 1.74. The monoisotopic (exact) mass is 635 g/mol. The fraction of sp³-hybridized carbons (Fsp3) is 0.455. The highest BCUT2D eigenvalue weighted by molar-refractivity contribution is 6.02. The Labute approximate surface area is 264 Å². The van der Waals surface area contributed by atoms with Crippen LogP contribution >= 0.6 is 0 Å². The third-order valence-electron chi connectivity index (χ3n) is 9.82. The van der Waals surface area contributed by atoms with Crippen molar-refractivity contribution in [3.05, 3.63) is 48.7 Å². The molecule has 0 unspecified atom stereocenters. The fourth-order valence-electron chi connectivity index (χ4n) is 7.23. The van der Waals surface area contributed by atoms with Crippen molar-refractivity contribution in [2.75, 3.05) is 51.3 Å². The summed E-state index contributed by atoms with van der Waals surface area (Å²) in [7, 11) is 2.06. The van der Waals surface area contributed by atoms with Gasteiger partial charge in [0.05, 0.1) is 17.2 Å². The van der Waals surface area contributed by atoms with Crippen LogP contribution in [0.5, 0.6) is 11.8 Å². The summed E-state index contributed by atoms with van der Waals surface area (Å²) in [6.45, 7) is 9.42. The minimum absolute atomic E-state index is 0.0168. The standard InChI is InChI=1S/C33H36F3N7O3/c1-4-28(44)43-18-32(19-43)9-12-42(13-10-32)30-22-15-27(46-33(34,35)36)23(29-20(2)7-8-25-24(29)16-37-40-25)14-26(22)38-31(39-30)45-17-21-6-5-11-41(21)3/h4,7-8,14-16,21H,1,5-6,9-13,17-19H2,2-3H3,(H,37,40)/t21-/m0/s1. The number of aryl methyl sites for hydroxylation is 1. The number of likely N-dealkylation sites (tertiary alicyclic amines) is 2. The quantitative estimate of drug-likeness (QED) is 0.267. The fourth-order valence-corrected chi connectivity index (χ4v) is 7.23. The number of hydrogen-bond donors (Lipinski definition) is 1. The molecule has 4 aromatic rings. The van der Waals surface area contributed by atoms with Gasteiger partial charge in [-0.3, -0.25) is 9.89 Å². The first-order chi connectivity index (χ1) is 22.0. The van der Waals surface area contributed by atoms with Crippen molar-refractivity contribution in [2.45, 2.75) is 45.0 Å². The molecule has 1 spiro atoms. The Morgan fingerprint density at radius 3 is 2.63 bits per heavy atom. The van der Waals surface area contributed by atoms with Crippen LogP contribution in [0.15, 0.2) is 43.1 Å². The molecule has 3 aliphatic rings. The van der Waals surface area contributed by atoms with E-state index in [4.69, 9.17) is 19.4 Å². The summed E-state index contributed by atoms with van der Waals surface area (Å²) in [6, 6.07) is 7.14. The van der Waals surface area contributed by atoms with Crippen molar-refractivity contribution in [1.29, 1.82) is 0 Å². The van der Waals surface area contributed by atoms with Gasteiger partial charge in [0.1, 0.15) is 18.2 Å². The van der Waals surface area contributed by atoms with Crippen LogP contribution in [0.3, 0.4) is 0 Å². The van der Waals surface area contributed by atoms with Gasteiger partial charge in [-0.25, -0.2) is 0 Å². The molecule has 2 aromatic carbocycles. The molecule has 0 bridgehead atoms. The third-order valence-corrected chi connectivity index (χ3v) is 9.82. The lowest BCUT2D eigenvalue weighted by Crippen LogP contribution is -2.61. The van der Waals surface area contributed by atoms with Crippen LogP contribution in [0.1, 0.15) is 31.2 Å². The Kier molecular flexibility index (Phi) is 7.53. The van der Waals surface area contributed by atoms with Crippen molar-refractivity contribution >= 4 is 33.5 Å². The van der Waals surface area contributed by atoms with Gasteiger partial charge in [-0.15, -0.1) is 13.2 Å². The number of carbonyl (C=O) groups excluding carboxylic acids is 1. The number of aromatic nitrogens is 4. The van der Waals surface area contributed by atoms with E-state index in [0.29, 0.717) is 66.0 Å². The highest BCUT2D eigenvalue weighted by Crippen LogP contribution is 2.45. The Morgan fingerprint density at radius 2 is 1.93 bits per heavy atom. The van der Waals surface area contributed by atoms with Gasteiger partial charge < -0.3 is 24.2 Å². The number of carbonyl (C=O) groups is 1. The summed E-state index contributed by atoms with van der Waals surface area (Å²) >= 11 is 0. The molecule has 242 valence electrons. The zero-order valence-electron chi connectivity index (χ0n) is 25.9. The first-order valence-corrected chi connectivity index (χ1v) is 15.6. The number of piperidine rings is 1. The lowest BCUT2D eigenvalue weighted by Gasteiger charge is -2.54. The van der Waals surface area contributed by atoms with Crippen molar-refractivity contribution in [2.24, 2.45) is 5.41 Å². The Hall–Kier alpha value is -4.39. The predicted molar refractivity (Wildman–Crippen MR) is 168 cm³/mol. The number of hydrogen-bond acceptors (Lipinski definition) is 8. The minimum atomic E-state index is -4.92. The van der Waals surface area contributed by atoms with Crippen LogP contribution in [0, 0.1) is 12.3 Å². The third kappa shape index (κ3) is 5.61. The number of likely N-dealkylation sites (N-methyl/N-ethyl adjacent to an activating group) is 1. The average Bonchev–Trinajstić information content (AvgIpc) is 3.66. The molecule has 46 heavy (non-hydrogen) atoms. The van der Waals surface area contributed by atoms with Gasteiger partial charge in [-0.2, -0.15) is 15.1 Å². The predicted octanol–water partition coefficient (Wildman–Crippen LogP) is 5.47. The molecule has 5 heterocycles. The van der Waals surface area contributed by atoms with E-state index < -0.39 is 6.36 Å². The molecular weight excluding hydrogens is 599 g/mol. The van der Waals surface area contributed by atoms with Gasteiger partial charge in [-0.05, 0) is 81.6 Å². The number of halogens is 3. The van der Waals surface area contributed by atoms with Gasteiger partial charge in [0, 0.05) is 54.0 Å². The van der Waals surface area contributed by atoms with Crippen LogP contribution < -0.4 is 14.4 Å². The smallest absolute Gasteiger partial charge is 0.462 e. The van der Waals surface area contributed by atoms with Crippen molar-refractivity contribution in [3.63, 3.8) is 0 Å². The summed E-state index contributed by atoms with van der Waals surface area (Å²) in [5, 5.41) is 8.14. The highest BCUT2D eigenvalue weighted by atomic mass is 19.4. The highest BCUT2D eigenvalue weighted by Gasteiger charge is 2.46. The Balaban J connectivity index is 1.31. The number of benzene rings is 2. The number of rotatable bonds is 7. The Bertz CT molecular complexity index is 1810. The maximum atomic E-state index is 13.9. The molecule has 3 fully saturated rings. The normalized spacial score (nSPS) is 20.0. The van der Waals surface area contributed by atoms with Gasteiger partial charge in [-0.1, -0.05) is 12.6 Å². The SMILES string of the molecule is C=CC(=O)N1CC2(CCN(c3nc(OC[C@@H]4CCCN4C)nc4cc(-c5c(C)ccc6[nH]ncc56)c(OC(F)(F)F)cc34)CC2)C1. The topological polar surface area (TPSA) is 99.7 Å². The van der Waals surface area contributed by atoms with Crippen LogP contribution in [-0.4, -0.2) is 94.7 Å². The largest absolute Gasteiger partial charge is 0.573 e. The molecule has 2 aromatic heterocycles. The molecule has 13 heteroatoms. The number of aromatic amines is 1. The second kappa shape index (κ2) is 11.4. The van der Waals surface area contributed by atoms with Gasteiger partial charge in [0.25, 0.3) is 0 Å². The zero-order valence-corrected chi connectivity index (χ0v) is 25.9. The van der Waals surface area contributed by atoms with E-state index in [9.17, 15) is 18.0 Å². The molecule has 1 atom stereocenters. The van der Waals surface area contributed by atoms with Crippen molar-refractivity contribution in [3.8, 4) is 22.9 Å². The summed E-state index contributed by atoms with van der Waals surface area (Å²) in [5.74, 6) is 0.0950. The lowest BCUT2D eigenvalue weighted by molar-refractivity contribution is -0.274. The number of nitrogens with zero attached hydrogens (tertiary/aromatic N) is 6. The molecule has 3 saturated heterocycles. The van der Waals surface area contributed by atoms with Crippen LogP contribution in [0.2, 0.25) is 0 Å². The molecule has 1 N–H and O–H groups in total. The van der Waals surface area contributed by atoms with Crippen LogP contribution in [-0.2, 0) is 4.79 Å². The van der Waals surface area contributed by atoms with Crippen LogP contribution in [0.25, 0.3) is 32.9 Å². The summed E-state index contributed by atoms with van der Waals surface area (Å²) < 4.78 is 52.6. The molecule has 0 radical (unpaired) electrons. The molecule has 0 aliphatic carbocycles. The molecule has 3 aliphatic heterocycles. The van der Waals surface area contributed by atoms with Gasteiger partial charge >= 0.3 is 12.4 Å². The Morgan fingerprint density at radius 1 is 1.15 bits per heavy atom. The lowest BCUT2D eigenvalue weighted by atomic mass is 9.72. The van der Waals surface area contributed by atoms with Crippen molar-refractivity contribution in [1.82, 2.24) is 30.0 Å². The number of amides is 1. The van der Waals surface area contributed by atoms with E-state index in [1.54, 1.807) is 17.2 Å². The second-order valence-electron chi connectivity index (χ2n) is 12.8. The summed E-state index contributed by atoms with van der Waals surface area (Å²) in [4.78, 5) is 27.7. The minimum Gasteiger partial charge on any atom is -0.462 e. The number of nitrogens with one attached hydrogen (secondary N) is 1. The van der Waals surface area contributed by atoms with Gasteiger partial charge in [0.2, 0.25) is 5.91 Å². The molecule has 10 nitrogen and oxygen atoms in total. The summed E-state index contributed by atoms with van der Waals surface area (Å²) in [5.41, 5.74) is 2.75. The number of anilines is 1. The molecule has 7 rings (SSSR count). The number of alkyl halides is 3. The number of ether oxygens (including phenoxy) is 2. The van der Waals surface area contributed by atoms with Crippen LogP contribution in [0.4, 0.5) is 19.0 Å². The van der Waals surface area contributed by atoms with E-state index >= 15 is 0 Å². The first-order valence-electron chi connectivity index (χ1n) is 15.6. The van der Waals surface area contributed by atoms with E-state index in [1.807, 2.05) is 19.1 Å². The maximum Gasteiger partial charge on any atom is 0.573 e. The molecular formula is C33H36F3N7O3. The number of fused-ring (bicyclic) bond motifs is 2. The number of H-pyrrole nitrogens is 1. The van der Waals surface area contributed by atoms with Crippen molar-refractivity contribution < 1.29 is 27.4 Å². The maximum absolute atomic E-state index is 13.9. The van der Waals surface area contributed by atoms with E-state index in [1.165, 1.54) is 12.1 Å². The second-order valence-corrected chi connectivity index (χ2v) is 12.8.